The van der Waals surface area contributed by atoms with Crippen molar-refractivity contribution >= 4 is 8.80 Å². The zero-order valence-electron chi connectivity index (χ0n) is 15.8. The van der Waals surface area contributed by atoms with Crippen molar-refractivity contribution in [3.8, 4) is 0 Å². The summed E-state index contributed by atoms with van der Waals surface area (Å²) in [6, 6.07) is 7.35. The molecule has 0 amide bonds. The van der Waals surface area contributed by atoms with Gasteiger partial charge in [-0.1, -0.05) is 76.4 Å². The molecule has 0 nitrogen and oxygen atoms in total. The van der Waals surface area contributed by atoms with Crippen molar-refractivity contribution in [1.82, 2.24) is 0 Å². The number of rotatable bonds is 6. The SMILES string of the molecule is CCCCCC1CCC([SiH]2CCC(c3ccc(F)c(F)c3)CC2)CC1. The van der Waals surface area contributed by atoms with Crippen LogP contribution in [0.3, 0.4) is 0 Å². The highest BCUT2D eigenvalue weighted by Crippen LogP contribution is 2.44. The lowest BCUT2D eigenvalue weighted by Gasteiger charge is -2.37. The fourth-order valence-corrected chi connectivity index (χ4v) is 9.54. The molecule has 1 aromatic carbocycles. The summed E-state index contributed by atoms with van der Waals surface area (Å²) in [5.74, 6) is 0.0698. The maximum atomic E-state index is 13.5. The molecular formula is C22H34F2Si. The average Bonchev–Trinajstić information content (AvgIpc) is 2.65. The number of hydrogen-bond donors (Lipinski definition) is 0. The number of unbranched alkanes of at least 4 members (excludes halogenated alkanes) is 2. The molecule has 0 N–H and O–H groups in total. The zero-order chi connectivity index (χ0) is 17.6. The van der Waals surface area contributed by atoms with E-state index in [1.165, 1.54) is 88.4 Å². The van der Waals surface area contributed by atoms with Crippen LogP contribution in [0, 0.1) is 17.6 Å². The Balaban J connectivity index is 1.43. The lowest BCUT2D eigenvalue weighted by atomic mass is 9.85. The smallest absolute Gasteiger partial charge is 0.159 e. The maximum Gasteiger partial charge on any atom is 0.159 e. The van der Waals surface area contributed by atoms with Gasteiger partial charge in [-0.3, -0.25) is 0 Å². The normalized spacial score (nSPS) is 30.4. The van der Waals surface area contributed by atoms with E-state index >= 15 is 0 Å². The fourth-order valence-electron chi connectivity index (χ4n) is 5.32. The van der Waals surface area contributed by atoms with Gasteiger partial charge in [0.15, 0.2) is 11.6 Å². The van der Waals surface area contributed by atoms with E-state index in [9.17, 15) is 8.78 Å². The molecule has 3 rings (SSSR count). The Labute approximate surface area is 154 Å². The minimum atomic E-state index is -0.720. The second-order valence-electron chi connectivity index (χ2n) is 8.56. The Hall–Kier alpha value is -0.703. The van der Waals surface area contributed by atoms with Gasteiger partial charge in [0, 0.05) is 8.80 Å². The third kappa shape index (κ3) is 5.15. The third-order valence-electron chi connectivity index (χ3n) is 6.96. The van der Waals surface area contributed by atoms with Crippen molar-refractivity contribution in [2.45, 2.75) is 94.7 Å². The molecule has 1 saturated heterocycles. The van der Waals surface area contributed by atoms with Crippen molar-refractivity contribution in [3.63, 3.8) is 0 Å². The van der Waals surface area contributed by atoms with Crippen LogP contribution < -0.4 is 0 Å². The summed E-state index contributed by atoms with van der Waals surface area (Å²) in [6.07, 6.45) is 14.0. The Morgan fingerprint density at radius 2 is 1.64 bits per heavy atom. The Morgan fingerprint density at radius 3 is 2.28 bits per heavy atom. The molecule has 0 atom stereocenters. The lowest BCUT2D eigenvalue weighted by Crippen LogP contribution is -2.29. The summed E-state index contributed by atoms with van der Waals surface area (Å²) >= 11 is 0. The third-order valence-corrected chi connectivity index (χ3v) is 11.1. The largest absolute Gasteiger partial charge is 0.204 e. The Kier molecular flexibility index (Phi) is 7.09. The van der Waals surface area contributed by atoms with Crippen LogP contribution in [0.4, 0.5) is 8.78 Å². The van der Waals surface area contributed by atoms with Crippen molar-refractivity contribution in [2.75, 3.05) is 0 Å². The van der Waals surface area contributed by atoms with Crippen LogP contribution in [0.5, 0.6) is 0 Å². The van der Waals surface area contributed by atoms with E-state index in [1.54, 1.807) is 6.07 Å². The summed E-state index contributed by atoms with van der Waals surface area (Å²) < 4.78 is 26.6. The molecule has 0 unspecified atom stereocenters. The van der Waals surface area contributed by atoms with Gasteiger partial charge < -0.3 is 0 Å². The molecule has 0 bridgehead atoms. The van der Waals surface area contributed by atoms with Crippen LogP contribution in [-0.2, 0) is 0 Å². The monoisotopic (exact) mass is 364 g/mol. The summed E-state index contributed by atoms with van der Waals surface area (Å²) in [5, 5.41) is 0. The van der Waals surface area contributed by atoms with E-state index in [0.717, 1.165) is 17.0 Å². The fraction of sp³-hybridized carbons (Fsp3) is 0.727. The minimum Gasteiger partial charge on any atom is -0.204 e. The van der Waals surface area contributed by atoms with Gasteiger partial charge in [0.05, 0.1) is 0 Å². The molecule has 1 aromatic rings. The number of halogens is 2. The van der Waals surface area contributed by atoms with Gasteiger partial charge in [0.25, 0.3) is 0 Å². The predicted octanol–water partition coefficient (Wildman–Crippen LogP) is 7.21. The predicted molar refractivity (Wildman–Crippen MR) is 105 cm³/mol. The zero-order valence-corrected chi connectivity index (χ0v) is 16.9. The van der Waals surface area contributed by atoms with Gasteiger partial charge >= 0.3 is 0 Å². The van der Waals surface area contributed by atoms with E-state index in [4.69, 9.17) is 0 Å². The molecule has 3 heteroatoms. The number of benzene rings is 1. The first-order valence-electron chi connectivity index (χ1n) is 10.6. The van der Waals surface area contributed by atoms with Crippen molar-refractivity contribution in [3.05, 3.63) is 35.4 Å². The molecule has 0 aromatic heterocycles. The Morgan fingerprint density at radius 1 is 0.920 bits per heavy atom. The standard InChI is InChI=1S/C22H34F2Si/c1-2-3-4-5-17-6-9-20(10-7-17)25-14-12-18(13-15-25)19-8-11-21(23)22(24)16-19/h8,11,16-18,20,25H,2-7,9-10,12-15H2,1H3. The molecule has 2 fully saturated rings. The molecule has 0 radical (unpaired) electrons. The average molecular weight is 365 g/mol. The first-order valence-corrected chi connectivity index (χ1v) is 12.9. The van der Waals surface area contributed by atoms with Crippen LogP contribution in [0.15, 0.2) is 18.2 Å². The first kappa shape index (κ1) is 19.1. The summed E-state index contributed by atoms with van der Waals surface area (Å²) in [7, 11) is -0.620. The molecule has 1 aliphatic carbocycles. The molecule has 0 spiro atoms. The number of hydrogen-bond acceptors (Lipinski definition) is 0. The van der Waals surface area contributed by atoms with Crippen LogP contribution >= 0.6 is 0 Å². The van der Waals surface area contributed by atoms with Crippen LogP contribution in [-0.4, -0.2) is 8.80 Å². The van der Waals surface area contributed by atoms with Crippen molar-refractivity contribution in [2.24, 2.45) is 5.92 Å². The van der Waals surface area contributed by atoms with Gasteiger partial charge in [-0.15, -0.1) is 0 Å². The molecule has 1 saturated carbocycles. The van der Waals surface area contributed by atoms with Gasteiger partial charge in [0.2, 0.25) is 0 Å². The van der Waals surface area contributed by atoms with Crippen LogP contribution in [0.1, 0.15) is 82.6 Å². The van der Waals surface area contributed by atoms with E-state index in [0.29, 0.717) is 5.92 Å². The van der Waals surface area contributed by atoms with Gasteiger partial charge in [-0.2, -0.15) is 0 Å². The van der Waals surface area contributed by atoms with Gasteiger partial charge in [-0.05, 0) is 47.9 Å². The van der Waals surface area contributed by atoms with Crippen molar-refractivity contribution < 1.29 is 8.78 Å². The Bertz CT molecular complexity index is 529. The van der Waals surface area contributed by atoms with Crippen LogP contribution in [0.25, 0.3) is 0 Å². The van der Waals surface area contributed by atoms with Gasteiger partial charge in [-0.25, -0.2) is 8.78 Å². The second kappa shape index (κ2) is 9.30. The molecule has 1 heterocycles. The molecule has 1 aliphatic heterocycles. The lowest BCUT2D eigenvalue weighted by molar-refractivity contribution is 0.325. The van der Waals surface area contributed by atoms with Crippen LogP contribution in [0.2, 0.25) is 17.6 Å². The van der Waals surface area contributed by atoms with E-state index < -0.39 is 20.4 Å². The van der Waals surface area contributed by atoms with E-state index in [1.807, 2.05) is 0 Å². The van der Waals surface area contributed by atoms with Gasteiger partial charge in [0.1, 0.15) is 0 Å². The van der Waals surface area contributed by atoms with Crippen molar-refractivity contribution in [1.29, 1.82) is 0 Å². The molecule has 140 valence electrons. The topological polar surface area (TPSA) is 0 Å². The second-order valence-corrected chi connectivity index (χ2v) is 12.2. The quantitative estimate of drug-likeness (QED) is 0.369. The van der Waals surface area contributed by atoms with E-state index in [2.05, 4.69) is 6.92 Å². The van der Waals surface area contributed by atoms with E-state index in [-0.39, 0.29) is 0 Å². The first-order chi connectivity index (χ1) is 12.2. The molecule has 25 heavy (non-hydrogen) atoms. The highest BCUT2D eigenvalue weighted by Gasteiger charge is 2.32. The summed E-state index contributed by atoms with van der Waals surface area (Å²) in [4.78, 5) is 0. The highest BCUT2D eigenvalue weighted by molar-refractivity contribution is 6.60. The molecule has 2 aliphatic rings. The minimum absolute atomic E-state index is 0.462. The highest BCUT2D eigenvalue weighted by atomic mass is 28.3. The summed E-state index contributed by atoms with van der Waals surface area (Å²) in [6.45, 7) is 2.29. The molecular weight excluding hydrogens is 330 g/mol. The summed E-state index contributed by atoms with van der Waals surface area (Å²) in [5.41, 5.74) is 2.08. The maximum absolute atomic E-state index is 13.5.